The summed E-state index contributed by atoms with van der Waals surface area (Å²) in [6, 6.07) is 9.47. The van der Waals surface area contributed by atoms with Crippen LogP contribution in [0.4, 0.5) is 20.2 Å². The summed E-state index contributed by atoms with van der Waals surface area (Å²) in [5.41, 5.74) is 5.63. The minimum absolute atomic E-state index is 0.0417. The third-order valence-corrected chi connectivity index (χ3v) is 9.20. The molecule has 1 saturated heterocycles. The van der Waals surface area contributed by atoms with E-state index in [1.54, 1.807) is 11.0 Å². The van der Waals surface area contributed by atoms with Crippen LogP contribution in [0, 0.1) is 17.2 Å². The molecule has 0 radical (unpaired) electrons. The number of nitrogens with zero attached hydrogens (tertiary/aromatic N) is 4. The number of aliphatic imine (C=N–C) groups is 1. The van der Waals surface area contributed by atoms with Gasteiger partial charge in [-0.05, 0) is 43.2 Å². The number of benzene rings is 1. The van der Waals surface area contributed by atoms with Gasteiger partial charge in [0.15, 0.2) is 0 Å². The van der Waals surface area contributed by atoms with Gasteiger partial charge in [0.25, 0.3) is 5.56 Å². The number of aromatic nitrogens is 1. The number of carbonyl (C=O) groups is 1. The first-order valence-electron chi connectivity index (χ1n) is 12.7. The first-order valence-corrected chi connectivity index (χ1v) is 14.1. The van der Waals surface area contributed by atoms with Gasteiger partial charge in [-0.15, -0.1) is 0 Å². The molecule has 1 aromatic heterocycles. The molecule has 0 bridgehead atoms. The number of nitrogens with two attached hydrogens (primary N) is 1. The van der Waals surface area contributed by atoms with Gasteiger partial charge in [-0.25, -0.2) is 26.5 Å². The maximum atomic E-state index is 13.3. The number of aromatic amines is 1. The lowest BCUT2D eigenvalue weighted by Gasteiger charge is -2.44. The average Bonchev–Trinajstić information content (AvgIpc) is 2.87. The van der Waals surface area contributed by atoms with E-state index in [0.717, 1.165) is 4.31 Å². The molecule has 2 aromatic rings. The van der Waals surface area contributed by atoms with Gasteiger partial charge in [0, 0.05) is 52.1 Å². The molecule has 0 unspecified atom stereocenters. The SMILES string of the molecule is CN(C)S(=O)(=O)c1ccc(N=C(N)c2c(NC3(CC#N)CCN(C(=O)C4CC(F)(F)C4)CC3)cc[nH]c2=O)cc1. The smallest absolute Gasteiger partial charge is 0.261 e. The number of H-pyrrole nitrogens is 1. The molecule has 1 aliphatic carbocycles. The summed E-state index contributed by atoms with van der Waals surface area (Å²) in [6.07, 6.45) is 1.35. The Morgan fingerprint density at radius 3 is 2.40 bits per heavy atom. The lowest BCUT2D eigenvalue weighted by Crippen LogP contribution is -2.54. The summed E-state index contributed by atoms with van der Waals surface area (Å²) < 4.78 is 52.2. The zero-order valence-corrected chi connectivity index (χ0v) is 23.0. The zero-order valence-electron chi connectivity index (χ0n) is 22.2. The van der Waals surface area contributed by atoms with Gasteiger partial charge in [0.1, 0.15) is 11.4 Å². The lowest BCUT2D eigenvalue weighted by molar-refractivity contribution is -0.161. The number of amides is 1. The van der Waals surface area contributed by atoms with E-state index in [4.69, 9.17) is 5.73 Å². The van der Waals surface area contributed by atoms with E-state index in [-0.39, 0.29) is 41.7 Å². The molecule has 2 aliphatic rings. The van der Waals surface area contributed by atoms with Gasteiger partial charge in [-0.3, -0.25) is 9.59 Å². The van der Waals surface area contributed by atoms with Crippen molar-refractivity contribution in [1.82, 2.24) is 14.2 Å². The predicted molar refractivity (Wildman–Crippen MR) is 145 cm³/mol. The summed E-state index contributed by atoms with van der Waals surface area (Å²) in [7, 11) is -0.785. The first-order chi connectivity index (χ1) is 18.8. The molecular formula is C26H31F2N7O4S. The van der Waals surface area contributed by atoms with Crippen LogP contribution in [-0.2, 0) is 14.8 Å². The van der Waals surface area contributed by atoms with E-state index in [1.165, 1.54) is 44.6 Å². The van der Waals surface area contributed by atoms with Crippen molar-refractivity contribution in [2.45, 2.75) is 48.5 Å². The van der Waals surface area contributed by atoms with E-state index >= 15 is 0 Å². The van der Waals surface area contributed by atoms with E-state index in [0.29, 0.717) is 24.2 Å². The highest BCUT2D eigenvalue weighted by Gasteiger charge is 2.50. The number of piperidine rings is 1. The number of sulfonamides is 1. The fourth-order valence-corrected chi connectivity index (χ4v) is 5.87. The molecule has 40 heavy (non-hydrogen) atoms. The van der Waals surface area contributed by atoms with Crippen molar-refractivity contribution < 1.29 is 22.0 Å². The molecule has 214 valence electrons. The maximum Gasteiger partial charge on any atom is 0.261 e. The molecular weight excluding hydrogens is 544 g/mol. The van der Waals surface area contributed by atoms with Gasteiger partial charge in [0.2, 0.25) is 21.9 Å². The zero-order chi connectivity index (χ0) is 29.3. The quantitative estimate of drug-likeness (QED) is 0.321. The molecule has 1 aromatic carbocycles. The Bertz CT molecular complexity index is 1500. The van der Waals surface area contributed by atoms with Gasteiger partial charge in [-0.1, -0.05) is 0 Å². The normalized spacial score (nSPS) is 19.1. The van der Waals surface area contributed by atoms with E-state index in [2.05, 4.69) is 21.4 Å². The lowest BCUT2D eigenvalue weighted by atomic mass is 9.79. The molecule has 1 saturated carbocycles. The van der Waals surface area contributed by atoms with E-state index < -0.39 is 45.8 Å². The topological polar surface area (TPSA) is 165 Å². The second-order valence-electron chi connectivity index (χ2n) is 10.4. The van der Waals surface area contributed by atoms with Gasteiger partial charge < -0.3 is 20.9 Å². The van der Waals surface area contributed by atoms with Crippen molar-refractivity contribution in [2.75, 3.05) is 32.5 Å². The van der Waals surface area contributed by atoms with Crippen molar-refractivity contribution in [2.24, 2.45) is 16.6 Å². The van der Waals surface area contributed by atoms with Crippen molar-refractivity contribution >= 4 is 33.1 Å². The molecule has 4 rings (SSSR count). The van der Waals surface area contributed by atoms with Crippen LogP contribution in [-0.4, -0.2) is 73.0 Å². The van der Waals surface area contributed by atoms with Crippen LogP contribution in [0.15, 0.2) is 51.2 Å². The number of alkyl halides is 2. The molecule has 0 atom stereocenters. The van der Waals surface area contributed by atoms with Crippen molar-refractivity contribution in [3.63, 3.8) is 0 Å². The van der Waals surface area contributed by atoms with E-state index in [1.807, 2.05) is 0 Å². The fourth-order valence-electron chi connectivity index (χ4n) is 4.97. The number of halogens is 2. The Labute approximate surface area is 230 Å². The second kappa shape index (κ2) is 11.0. The Morgan fingerprint density at radius 1 is 1.23 bits per heavy atom. The molecule has 11 nitrogen and oxygen atoms in total. The Balaban J connectivity index is 1.54. The number of amidine groups is 1. The van der Waals surface area contributed by atoms with Crippen LogP contribution in [0.2, 0.25) is 0 Å². The molecule has 1 amide bonds. The number of pyridine rings is 1. The standard InChI is InChI=1S/C26H31F2N7O4S/c1-34(2)40(38,39)19-5-3-18(4-6-19)32-22(30)21-20(7-12-31-23(21)36)33-25(8-11-29)9-13-35(14-10-25)24(37)17-15-26(27,28)16-17/h3-7,12,17H,8-10,13-16H2,1-2H3,(H2,30,32)(H2,31,33,36). The summed E-state index contributed by atoms with van der Waals surface area (Å²) >= 11 is 0. The highest BCUT2D eigenvalue weighted by atomic mass is 32.2. The number of hydrogen-bond donors (Lipinski definition) is 3. The second-order valence-corrected chi connectivity index (χ2v) is 12.6. The largest absolute Gasteiger partial charge is 0.383 e. The molecule has 1 aliphatic heterocycles. The highest BCUT2D eigenvalue weighted by molar-refractivity contribution is 7.89. The summed E-state index contributed by atoms with van der Waals surface area (Å²) in [5.74, 6) is -3.89. The fraction of sp³-hybridized carbons (Fsp3) is 0.462. The number of likely N-dealkylation sites (tertiary alicyclic amines) is 1. The summed E-state index contributed by atoms with van der Waals surface area (Å²) in [5, 5.41) is 12.9. The van der Waals surface area contributed by atoms with Gasteiger partial charge in [0.05, 0.1) is 34.3 Å². The maximum absolute atomic E-state index is 13.3. The van der Waals surface area contributed by atoms with Gasteiger partial charge >= 0.3 is 0 Å². The van der Waals surface area contributed by atoms with E-state index in [9.17, 15) is 32.0 Å². The summed E-state index contributed by atoms with van der Waals surface area (Å²) in [6.45, 7) is 0.555. The first kappa shape index (κ1) is 29.2. The number of hydrogen-bond acceptors (Lipinski definition) is 7. The van der Waals surface area contributed by atoms with Crippen molar-refractivity contribution in [3.05, 3.63) is 52.4 Å². The number of nitrogens with one attached hydrogen (secondary N) is 2. The van der Waals surface area contributed by atoms with Crippen LogP contribution in [0.25, 0.3) is 0 Å². The van der Waals surface area contributed by atoms with Crippen molar-refractivity contribution in [1.29, 1.82) is 5.26 Å². The molecule has 2 heterocycles. The molecule has 4 N–H and O–H groups in total. The van der Waals surface area contributed by atoms with Crippen molar-refractivity contribution in [3.8, 4) is 6.07 Å². The number of rotatable bonds is 8. The minimum Gasteiger partial charge on any atom is -0.383 e. The molecule has 14 heteroatoms. The number of anilines is 1. The van der Waals surface area contributed by atoms with Crippen LogP contribution in [0.3, 0.4) is 0 Å². The predicted octanol–water partition coefficient (Wildman–Crippen LogP) is 2.39. The molecule has 0 spiro atoms. The number of carbonyl (C=O) groups excluding carboxylic acids is 1. The minimum atomic E-state index is -3.63. The van der Waals surface area contributed by atoms with Crippen LogP contribution >= 0.6 is 0 Å². The third-order valence-electron chi connectivity index (χ3n) is 7.37. The highest BCUT2D eigenvalue weighted by Crippen LogP contribution is 2.44. The van der Waals surface area contributed by atoms with Crippen LogP contribution in [0.1, 0.15) is 37.7 Å². The Hall–Kier alpha value is -3.83. The van der Waals surface area contributed by atoms with Crippen LogP contribution < -0.4 is 16.6 Å². The number of nitriles is 1. The third kappa shape index (κ3) is 6.00. The Kier molecular flexibility index (Phi) is 8.00. The Morgan fingerprint density at radius 2 is 1.85 bits per heavy atom. The average molecular weight is 576 g/mol. The van der Waals surface area contributed by atoms with Gasteiger partial charge in [-0.2, -0.15) is 5.26 Å². The molecule has 2 fully saturated rings. The summed E-state index contributed by atoms with van der Waals surface area (Å²) in [4.78, 5) is 34.0. The monoisotopic (exact) mass is 575 g/mol. The van der Waals surface area contributed by atoms with Crippen LogP contribution in [0.5, 0.6) is 0 Å².